The molecule has 1 aliphatic heterocycles. The number of benzene rings is 1. The molecule has 4 rings (SSSR count). The van der Waals surface area contributed by atoms with Crippen LogP contribution in [0.2, 0.25) is 0 Å². The Morgan fingerprint density at radius 1 is 1.17 bits per heavy atom. The normalized spacial score (nSPS) is 14.9. The van der Waals surface area contributed by atoms with E-state index in [1.165, 1.54) is 10.9 Å². The van der Waals surface area contributed by atoms with E-state index < -0.39 is 0 Å². The molecule has 3 heterocycles. The summed E-state index contributed by atoms with van der Waals surface area (Å²) in [5.41, 5.74) is 2.39. The summed E-state index contributed by atoms with van der Waals surface area (Å²) >= 11 is 0. The van der Waals surface area contributed by atoms with E-state index >= 15 is 0 Å². The number of para-hydroxylation sites is 1. The molecule has 1 fully saturated rings. The zero-order valence-electron chi connectivity index (χ0n) is 17.1. The van der Waals surface area contributed by atoms with Gasteiger partial charge in [0.15, 0.2) is 11.6 Å². The number of aromatic nitrogens is 3. The average Bonchev–Trinajstić information content (AvgIpc) is 3.17. The van der Waals surface area contributed by atoms with Crippen molar-refractivity contribution in [2.75, 3.05) is 43.5 Å². The number of nitrogens with one attached hydrogen (secondary N) is 2. The van der Waals surface area contributed by atoms with Crippen LogP contribution in [0.1, 0.15) is 18.4 Å². The molecule has 1 amide bonds. The minimum Gasteiger partial charge on any atom is -0.361 e. The van der Waals surface area contributed by atoms with E-state index in [1.807, 2.05) is 49.5 Å². The molecule has 0 aliphatic carbocycles. The highest BCUT2D eigenvalue weighted by molar-refractivity contribution is 5.83. The van der Waals surface area contributed by atoms with Gasteiger partial charge in [-0.2, -0.15) is 0 Å². The Bertz CT molecular complexity index is 957. The van der Waals surface area contributed by atoms with Crippen molar-refractivity contribution in [3.8, 4) is 0 Å². The van der Waals surface area contributed by atoms with E-state index in [4.69, 9.17) is 0 Å². The first-order chi connectivity index (χ1) is 14.1. The van der Waals surface area contributed by atoms with E-state index in [1.54, 1.807) is 0 Å². The number of piperidine rings is 1. The minimum absolute atomic E-state index is 0.0724. The van der Waals surface area contributed by atoms with Gasteiger partial charge in [-0.1, -0.05) is 18.2 Å². The third-order valence-electron chi connectivity index (χ3n) is 5.65. The molecule has 0 radical (unpaired) electrons. The third kappa shape index (κ3) is 4.34. The van der Waals surface area contributed by atoms with Crippen LogP contribution in [-0.2, 0) is 11.2 Å². The zero-order chi connectivity index (χ0) is 20.2. The van der Waals surface area contributed by atoms with Crippen molar-refractivity contribution in [2.24, 2.45) is 5.92 Å². The molecular formula is C22H28N6O. The van der Waals surface area contributed by atoms with Crippen LogP contribution in [0, 0.1) is 5.92 Å². The minimum atomic E-state index is 0.0724. The van der Waals surface area contributed by atoms with Crippen LogP contribution in [0.5, 0.6) is 0 Å². The van der Waals surface area contributed by atoms with Crippen molar-refractivity contribution in [3.63, 3.8) is 0 Å². The quantitative estimate of drug-likeness (QED) is 0.674. The SMILES string of the molecule is CN(C)c1ccc(N2CCC(C(=O)NCCc3c[nH]c4ccccc34)CC2)nn1. The van der Waals surface area contributed by atoms with Crippen LogP contribution in [0.25, 0.3) is 10.9 Å². The van der Waals surface area contributed by atoms with Crippen LogP contribution in [0.3, 0.4) is 0 Å². The van der Waals surface area contributed by atoms with Crippen molar-refractivity contribution in [1.82, 2.24) is 20.5 Å². The van der Waals surface area contributed by atoms with E-state index in [2.05, 4.69) is 37.5 Å². The van der Waals surface area contributed by atoms with E-state index in [0.29, 0.717) is 6.54 Å². The molecule has 1 aromatic carbocycles. The molecular weight excluding hydrogens is 364 g/mol. The summed E-state index contributed by atoms with van der Waals surface area (Å²) in [5.74, 6) is 1.97. The molecule has 2 aromatic heterocycles. The lowest BCUT2D eigenvalue weighted by Gasteiger charge is -2.32. The lowest BCUT2D eigenvalue weighted by Crippen LogP contribution is -2.41. The maximum atomic E-state index is 12.6. The molecule has 29 heavy (non-hydrogen) atoms. The molecule has 0 bridgehead atoms. The van der Waals surface area contributed by atoms with Gasteiger partial charge in [0, 0.05) is 56.7 Å². The largest absolute Gasteiger partial charge is 0.361 e. The predicted molar refractivity (Wildman–Crippen MR) is 116 cm³/mol. The number of rotatable bonds is 6. The number of fused-ring (bicyclic) bond motifs is 1. The smallest absolute Gasteiger partial charge is 0.223 e. The van der Waals surface area contributed by atoms with Crippen LogP contribution in [0.4, 0.5) is 11.6 Å². The van der Waals surface area contributed by atoms with Crippen molar-refractivity contribution in [2.45, 2.75) is 19.3 Å². The predicted octanol–water partition coefficient (Wildman–Crippen LogP) is 2.60. The molecule has 1 saturated heterocycles. The maximum Gasteiger partial charge on any atom is 0.223 e. The second-order valence-electron chi connectivity index (χ2n) is 7.81. The van der Waals surface area contributed by atoms with Gasteiger partial charge >= 0.3 is 0 Å². The van der Waals surface area contributed by atoms with E-state index in [-0.39, 0.29) is 11.8 Å². The number of H-pyrrole nitrogens is 1. The maximum absolute atomic E-state index is 12.6. The van der Waals surface area contributed by atoms with Gasteiger partial charge in [0.25, 0.3) is 0 Å². The van der Waals surface area contributed by atoms with Crippen LogP contribution < -0.4 is 15.1 Å². The standard InChI is InChI=1S/C22H28N6O/c1-27(2)20-7-8-21(26-25-20)28-13-10-16(11-14-28)22(29)23-12-9-17-15-24-19-6-4-3-5-18(17)19/h3-8,15-16,24H,9-14H2,1-2H3,(H,23,29). The molecule has 0 saturated carbocycles. The van der Waals surface area contributed by atoms with Crippen molar-refractivity contribution in [1.29, 1.82) is 0 Å². The first-order valence-corrected chi connectivity index (χ1v) is 10.2. The van der Waals surface area contributed by atoms with Crippen molar-refractivity contribution in [3.05, 3.63) is 48.2 Å². The van der Waals surface area contributed by atoms with Gasteiger partial charge in [0.1, 0.15) is 0 Å². The fourth-order valence-electron chi connectivity index (χ4n) is 3.90. The highest BCUT2D eigenvalue weighted by atomic mass is 16.1. The monoisotopic (exact) mass is 392 g/mol. The third-order valence-corrected chi connectivity index (χ3v) is 5.65. The second-order valence-corrected chi connectivity index (χ2v) is 7.81. The molecule has 0 atom stereocenters. The number of amides is 1. The summed E-state index contributed by atoms with van der Waals surface area (Å²) in [7, 11) is 3.90. The van der Waals surface area contributed by atoms with E-state index in [9.17, 15) is 4.79 Å². The topological polar surface area (TPSA) is 77.1 Å². The number of hydrogen-bond acceptors (Lipinski definition) is 5. The van der Waals surface area contributed by atoms with Crippen molar-refractivity contribution >= 4 is 28.4 Å². The van der Waals surface area contributed by atoms with Crippen molar-refractivity contribution < 1.29 is 4.79 Å². The Morgan fingerprint density at radius 2 is 1.97 bits per heavy atom. The lowest BCUT2D eigenvalue weighted by molar-refractivity contribution is -0.125. The van der Waals surface area contributed by atoms with Crippen LogP contribution >= 0.6 is 0 Å². The summed E-state index contributed by atoms with van der Waals surface area (Å²) in [5, 5.41) is 12.9. The average molecular weight is 393 g/mol. The zero-order valence-corrected chi connectivity index (χ0v) is 17.1. The number of aromatic amines is 1. The van der Waals surface area contributed by atoms with E-state index in [0.717, 1.165) is 49.5 Å². The van der Waals surface area contributed by atoms with Gasteiger partial charge in [0.2, 0.25) is 5.91 Å². The summed E-state index contributed by atoms with van der Waals surface area (Å²) < 4.78 is 0. The Labute approximate surface area is 171 Å². The molecule has 0 unspecified atom stereocenters. The van der Waals surface area contributed by atoms with Gasteiger partial charge in [-0.3, -0.25) is 4.79 Å². The van der Waals surface area contributed by atoms with Gasteiger partial charge in [-0.05, 0) is 43.0 Å². The molecule has 3 aromatic rings. The Morgan fingerprint density at radius 3 is 2.69 bits per heavy atom. The summed E-state index contributed by atoms with van der Waals surface area (Å²) in [4.78, 5) is 20.0. The number of nitrogens with zero attached hydrogens (tertiary/aromatic N) is 4. The first-order valence-electron chi connectivity index (χ1n) is 10.2. The van der Waals surface area contributed by atoms with Gasteiger partial charge in [-0.25, -0.2) is 0 Å². The second kappa shape index (κ2) is 8.51. The number of hydrogen-bond donors (Lipinski definition) is 2. The van der Waals surface area contributed by atoms with Gasteiger partial charge < -0.3 is 20.1 Å². The molecule has 0 spiro atoms. The molecule has 2 N–H and O–H groups in total. The highest BCUT2D eigenvalue weighted by Crippen LogP contribution is 2.23. The first kappa shape index (κ1) is 19.2. The molecule has 1 aliphatic rings. The molecule has 7 heteroatoms. The molecule has 152 valence electrons. The molecule has 7 nitrogen and oxygen atoms in total. The number of carbonyl (C=O) groups is 1. The Hall–Kier alpha value is -3.09. The van der Waals surface area contributed by atoms with Crippen LogP contribution in [-0.4, -0.2) is 54.8 Å². The van der Waals surface area contributed by atoms with Gasteiger partial charge in [0.05, 0.1) is 0 Å². The van der Waals surface area contributed by atoms with Crippen LogP contribution in [0.15, 0.2) is 42.6 Å². The number of anilines is 2. The highest BCUT2D eigenvalue weighted by Gasteiger charge is 2.25. The summed E-state index contributed by atoms with van der Waals surface area (Å²) in [6.45, 7) is 2.32. The fourth-order valence-corrected chi connectivity index (χ4v) is 3.90. The summed E-state index contributed by atoms with van der Waals surface area (Å²) in [6, 6.07) is 12.2. The Balaban J connectivity index is 1.24. The number of carbonyl (C=O) groups excluding carboxylic acids is 1. The van der Waals surface area contributed by atoms with Gasteiger partial charge in [-0.15, -0.1) is 10.2 Å². The fraction of sp³-hybridized carbons (Fsp3) is 0.409. The lowest BCUT2D eigenvalue weighted by atomic mass is 9.96. The Kier molecular flexibility index (Phi) is 5.64. The summed E-state index contributed by atoms with van der Waals surface area (Å²) in [6.07, 6.45) is 4.56.